The van der Waals surface area contributed by atoms with Gasteiger partial charge in [-0.25, -0.2) is 14.9 Å². The van der Waals surface area contributed by atoms with E-state index in [4.69, 9.17) is 33.7 Å². The molecule has 0 radical (unpaired) electrons. The van der Waals surface area contributed by atoms with Crippen LogP contribution >= 0.6 is 23.2 Å². The molecule has 3 rings (SSSR count). The molecule has 2 aromatic heterocycles. The van der Waals surface area contributed by atoms with Crippen LogP contribution in [0.25, 0.3) is 11.3 Å². The third-order valence-corrected chi connectivity index (χ3v) is 3.52. The number of rotatable bonds is 3. The number of aromatic nitrogens is 4. The molecule has 0 aliphatic heterocycles. The van der Waals surface area contributed by atoms with Gasteiger partial charge >= 0.3 is 5.69 Å². The van der Waals surface area contributed by atoms with Crippen molar-refractivity contribution in [2.24, 2.45) is 0 Å². The minimum absolute atomic E-state index is 0.0286. The van der Waals surface area contributed by atoms with Crippen LogP contribution in [0, 0.1) is 0 Å². The molecular formula is C14H9Cl2N5O3. The van der Waals surface area contributed by atoms with Gasteiger partial charge < -0.3 is 10.5 Å². The zero-order valence-electron chi connectivity index (χ0n) is 11.8. The zero-order chi connectivity index (χ0) is 17.3. The molecule has 3 aromatic rings. The fourth-order valence-electron chi connectivity index (χ4n) is 1.91. The fourth-order valence-corrected chi connectivity index (χ4v) is 2.47. The van der Waals surface area contributed by atoms with E-state index in [1.165, 1.54) is 18.3 Å². The Kier molecular flexibility index (Phi) is 4.24. The Hall–Kier alpha value is -2.84. The number of nitrogens with zero attached hydrogens (tertiary/aromatic N) is 2. The van der Waals surface area contributed by atoms with E-state index in [0.29, 0.717) is 17.1 Å². The van der Waals surface area contributed by atoms with E-state index in [1.807, 2.05) is 0 Å². The standard InChI is InChI=1S/C14H9Cl2N5O3/c15-8-3-6(11-13(22)19-14(23)21-20-11)4-9(16)12(8)24-7-1-2-10(17)18-5-7/h1-5H,(H2,17,18)(H2,19,21,22,23). The van der Waals surface area contributed by atoms with E-state index in [2.05, 4.69) is 20.2 Å². The van der Waals surface area contributed by atoms with Gasteiger partial charge in [-0.3, -0.25) is 9.78 Å². The van der Waals surface area contributed by atoms with Crippen LogP contribution in [-0.2, 0) is 0 Å². The van der Waals surface area contributed by atoms with Crippen molar-refractivity contribution >= 4 is 29.0 Å². The number of nitrogens with one attached hydrogen (secondary N) is 2. The fraction of sp³-hybridized carbons (Fsp3) is 0. The predicted octanol–water partition coefficient (Wildman–Crippen LogP) is 2.20. The number of anilines is 1. The van der Waals surface area contributed by atoms with Crippen molar-refractivity contribution in [2.45, 2.75) is 0 Å². The third-order valence-electron chi connectivity index (χ3n) is 2.96. The molecule has 0 fully saturated rings. The Morgan fingerprint density at radius 3 is 2.42 bits per heavy atom. The molecule has 10 heteroatoms. The Labute approximate surface area is 144 Å². The summed E-state index contributed by atoms with van der Waals surface area (Å²) in [4.78, 5) is 28.8. The Bertz CT molecular complexity index is 991. The molecule has 0 unspecified atom stereocenters. The van der Waals surface area contributed by atoms with Gasteiger partial charge in [-0.1, -0.05) is 23.2 Å². The molecule has 0 saturated heterocycles. The first kappa shape index (κ1) is 16.0. The van der Waals surface area contributed by atoms with Crippen molar-refractivity contribution in [2.75, 3.05) is 5.73 Å². The van der Waals surface area contributed by atoms with Crippen molar-refractivity contribution in [3.63, 3.8) is 0 Å². The molecule has 8 nitrogen and oxygen atoms in total. The molecule has 4 N–H and O–H groups in total. The summed E-state index contributed by atoms with van der Waals surface area (Å²) in [6, 6.07) is 6.07. The highest BCUT2D eigenvalue weighted by Gasteiger charge is 2.15. The molecular weight excluding hydrogens is 357 g/mol. The second kappa shape index (κ2) is 6.34. The van der Waals surface area contributed by atoms with E-state index < -0.39 is 11.2 Å². The number of nitrogens with two attached hydrogens (primary N) is 1. The van der Waals surface area contributed by atoms with Gasteiger partial charge in [-0.15, -0.1) is 0 Å². The lowest BCUT2D eigenvalue weighted by Crippen LogP contribution is -2.25. The molecule has 0 aliphatic rings. The predicted molar refractivity (Wildman–Crippen MR) is 89.7 cm³/mol. The number of halogens is 2. The van der Waals surface area contributed by atoms with Gasteiger partial charge in [0.05, 0.1) is 16.2 Å². The Morgan fingerprint density at radius 2 is 1.83 bits per heavy atom. The van der Waals surface area contributed by atoms with Crippen molar-refractivity contribution in [1.29, 1.82) is 0 Å². The summed E-state index contributed by atoms with van der Waals surface area (Å²) in [6.07, 6.45) is 1.42. The average Bonchev–Trinajstić information content (AvgIpc) is 2.52. The lowest BCUT2D eigenvalue weighted by atomic mass is 10.1. The van der Waals surface area contributed by atoms with E-state index in [0.717, 1.165) is 0 Å². The molecule has 0 amide bonds. The summed E-state index contributed by atoms with van der Waals surface area (Å²) in [5.41, 5.74) is 4.43. The summed E-state index contributed by atoms with van der Waals surface area (Å²) in [5, 5.41) is 6.14. The smallest absolute Gasteiger partial charge is 0.342 e. The monoisotopic (exact) mass is 365 g/mol. The van der Waals surface area contributed by atoms with Gasteiger partial charge in [0.25, 0.3) is 5.56 Å². The van der Waals surface area contributed by atoms with Crippen LogP contribution in [0.4, 0.5) is 5.82 Å². The number of aromatic amines is 2. The number of hydrogen-bond acceptors (Lipinski definition) is 6. The summed E-state index contributed by atoms with van der Waals surface area (Å²) < 4.78 is 5.59. The number of benzene rings is 1. The van der Waals surface area contributed by atoms with Gasteiger partial charge in [0.2, 0.25) is 0 Å². The van der Waals surface area contributed by atoms with Crippen molar-refractivity contribution in [3.05, 3.63) is 61.3 Å². The molecule has 1 aromatic carbocycles. The molecule has 122 valence electrons. The molecule has 0 atom stereocenters. The van der Waals surface area contributed by atoms with Crippen LogP contribution in [0.1, 0.15) is 0 Å². The van der Waals surface area contributed by atoms with Gasteiger partial charge in [0, 0.05) is 5.56 Å². The van der Waals surface area contributed by atoms with Crippen LogP contribution in [0.5, 0.6) is 11.5 Å². The summed E-state index contributed by atoms with van der Waals surface area (Å²) in [6.45, 7) is 0. The maximum absolute atomic E-state index is 11.8. The Morgan fingerprint density at radius 1 is 1.12 bits per heavy atom. The van der Waals surface area contributed by atoms with E-state index >= 15 is 0 Å². The largest absolute Gasteiger partial charge is 0.453 e. The number of pyridine rings is 1. The van der Waals surface area contributed by atoms with Gasteiger partial charge in [-0.2, -0.15) is 5.10 Å². The topological polar surface area (TPSA) is 127 Å². The van der Waals surface area contributed by atoms with Crippen molar-refractivity contribution in [1.82, 2.24) is 20.2 Å². The summed E-state index contributed by atoms with van der Waals surface area (Å²) in [5.74, 6) is 0.925. The normalized spacial score (nSPS) is 10.6. The first-order chi connectivity index (χ1) is 11.4. The highest BCUT2D eigenvalue weighted by Crippen LogP contribution is 2.39. The number of ether oxygens (including phenoxy) is 1. The van der Waals surface area contributed by atoms with Crippen LogP contribution in [0.3, 0.4) is 0 Å². The average molecular weight is 366 g/mol. The number of nitrogen functional groups attached to an aromatic ring is 1. The minimum atomic E-state index is -0.711. The minimum Gasteiger partial charge on any atom is -0.453 e. The van der Waals surface area contributed by atoms with E-state index in [1.54, 1.807) is 12.1 Å². The second-order valence-electron chi connectivity index (χ2n) is 4.65. The number of hydrogen-bond donors (Lipinski definition) is 3. The lowest BCUT2D eigenvalue weighted by molar-refractivity contribution is 0.481. The van der Waals surface area contributed by atoms with Gasteiger partial charge in [-0.05, 0) is 24.3 Å². The van der Waals surface area contributed by atoms with E-state index in [-0.39, 0.29) is 21.5 Å². The highest BCUT2D eigenvalue weighted by molar-refractivity contribution is 6.37. The van der Waals surface area contributed by atoms with Crippen LogP contribution in [0.2, 0.25) is 10.0 Å². The summed E-state index contributed by atoms with van der Waals surface area (Å²) >= 11 is 12.4. The molecule has 0 saturated carbocycles. The van der Waals surface area contributed by atoms with Crippen LogP contribution < -0.4 is 21.7 Å². The van der Waals surface area contributed by atoms with Crippen molar-refractivity contribution < 1.29 is 4.74 Å². The van der Waals surface area contributed by atoms with Gasteiger partial charge in [0.1, 0.15) is 11.6 Å². The van der Waals surface area contributed by atoms with E-state index in [9.17, 15) is 9.59 Å². The van der Waals surface area contributed by atoms with Gasteiger partial charge in [0.15, 0.2) is 11.4 Å². The summed E-state index contributed by atoms with van der Waals surface area (Å²) in [7, 11) is 0. The molecule has 0 spiro atoms. The van der Waals surface area contributed by atoms with Crippen molar-refractivity contribution in [3.8, 4) is 22.8 Å². The third kappa shape index (κ3) is 3.24. The van der Waals surface area contributed by atoms with Crippen LogP contribution in [-0.4, -0.2) is 20.2 Å². The quantitative estimate of drug-likeness (QED) is 0.652. The molecule has 2 heterocycles. The maximum atomic E-state index is 11.8. The maximum Gasteiger partial charge on any atom is 0.342 e. The zero-order valence-corrected chi connectivity index (χ0v) is 13.4. The molecule has 24 heavy (non-hydrogen) atoms. The first-order valence-corrected chi connectivity index (χ1v) is 7.27. The van der Waals surface area contributed by atoms with Crippen LogP contribution in [0.15, 0.2) is 40.1 Å². The molecule has 0 bridgehead atoms. The Balaban J connectivity index is 2.01. The highest BCUT2D eigenvalue weighted by atomic mass is 35.5. The lowest BCUT2D eigenvalue weighted by Gasteiger charge is -2.11. The molecule has 0 aliphatic carbocycles. The number of H-pyrrole nitrogens is 2. The first-order valence-electron chi connectivity index (χ1n) is 6.52. The SMILES string of the molecule is Nc1ccc(Oc2c(Cl)cc(-c3n[nH]c(=O)[nH]c3=O)cc2Cl)cn1. The second-order valence-corrected chi connectivity index (χ2v) is 5.46.